The zero-order valence-corrected chi connectivity index (χ0v) is 19.2. The fourth-order valence-electron chi connectivity index (χ4n) is 3.68. The molecule has 0 radical (unpaired) electrons. The normalized spacial score (nSPS) is 17.8. The summed E-state index contributed by atoms with van der Waals surface area (Å²) in [5, 5.41) is 11.7. The standard InChI is InChI=1S/C24H30N2O6/c1-23(2,3)32-22(27)25-19(16-31-24(25,4)5)13-18-11-12-21(20(14-18)26(28)29)30-15-17-9-7-6-8-10-17/h6-12,14,19H,13,15-16H2,1-5H3/t19-/m0/s1. The van der Waals surface area contributed by atoms with Crippen LogP contribution in [0.1, 0.15) is 45.7 Å². The Balaban J connectivity index is 1.78. The Labute approximate surface area is 188 Å². The maximum atomic E-state index is 12.8. The summed E-state index contributed by atoms with van der Waals surface area (Å²) >= 11 is 0. The van der Waals surface area contributed by atoms with Crippen LogP contribution in [-0.4, -0.2) is 39.9 Å². The van der Waals surface area contributed by atoms with Crippen LogP contribution in [0.25, 0.3) is 0 Å². The molecule has 0 saturated carbocycles. The van der Waals surface area contributed by atoms with Crippen LogP contribution < -0.4 is 4.74 Å². The lowest BCUT2D eigenvalue weighted by atomic mass is 10.0. The summed E-state index contributed by atoms with van der Waals surface area (Å²) in [4.78, 5) is 25.6. The summed E-state index contributed by atoms with van der Waals surface area (Å²) in [7, 11) is 0. The Morgan fingerprint density at radius 1 is 1.19 bits per heavy atom. The highest BCUT2D eigenvalue weighted by atomic mass is 16.6. The number of rotatable bonds is 6. The van der Waals surface area contributed by atoms with Crippen molar-refractivity contribution in [2.24, 2.45) is 0 Å². The molecule has 1 amide bonds. The number of ether oxygens (including phenoxy) is 3. The Bertz CT molecular complexity index is 968. The number of hydrogen-bond acceptors (Lipinski definition) is 6. The molecule has 0 unspecified atom stereocenters. The average molecular weight is 443 g/mol. The number of nitro benzene ring substituents is 1. The number of hydrogen-bond donors (Lipinski definition) is 0. The monoisotopic (exact) mass is 442 g/mol. The quantitative estimate of drug-likeness (QED) is 0.457. The molecule has 32 heavy (non-hydrogen) atoms. The van der Waals surface area contributed by atoms with Gasteiger partial charge in [-0.05, 0) is 58.2 Å². The molecular formula is C24H30N2O6. The van der Waals surface area contributed by atoms with E-state index < -0.39 is 22.3 Å². The van der Waals surface area contributed by atoms with Crippen LogP contribution in [0.2, 0.25) is 0 Å². The van der Waals surface area contributed by atoms with Gasteiger partial charge in [0.15, 0.2) is 5.75 Å². The van der Waals surface area contributed by atoms with Crippen molar-refractivity contribution >= 4 is 11.8 Å². The lowest BCUT2D eigenvalue weighted by Crippen LogP contribution is -2.50. The Morgan fingerprint density at radius 3 is 2.50 bits per heavy atom. The third-order valence-electron chi connectivity index (χ3n) is 5.09. The van der Waals surface area contributed by atoms with Crippen molar-refractivity contribution in [3.63, 3.8) is 0 Å². The van der Waals surface area contributed by atoms with Crippen LogP contribution in [0, 0.1) is 10.1 Å². The molecular weight excluding hydrogens is 412 g/mol. The van der Waals surface area contributed by atoms with Gasteiger partial charge in [0.2, 0.25) is 0 Å². The molecule has 0 spiro atoms. The number of amides is 1. The molecule has 0 bridgehead atoms. The maximum Gasteiger partial charge on any atom is 0.412 e. The van der Waals surface area contributed by atoms with Gasteiger partial charge < -0.3 is 14.2 Å². The first-order chi connectivity index (χ1) is 15.0. The van der Waals surface area contributed by atoms with Crippen molar-refractivity contribution in [2.45, 2.75) is 65.0 Å². The molecule has 3 rings (SSSR count). The number of benzene rings is 2. The lowest BCUT2D eigenvalue weighted by Gasteiger charge is -2.35. The van der Waals surface area contributed by atoms with E-state index in [1.54, 1.807) is 51.7 Å². The van der Waals surface area contributed by atoms with E-state index in [1.165, 1.54) is 6.07 Å². The Morgan fingerprint density at radius 2 is 1.88 bits per heavy atom. The number of carbonyl (C=O) groups is 1. The molecule has 1 heterocycles. The van der Waals surface area contributed by atoms with Crippen LogP contribution in [0.15, 0.2) is 48.5 Å². The molecule has 1 aliphatic heterocycles. The first-order valence-corrected chi connectivity index (χ1v) is 10.6. The average Bonchev–Trinajstić information content (AvgIpc) is 3.00. The lowest BCUT2D eigenvalue weighted by molar-refractivity contribution is -0.386. The van der Waals surface area contributed by atoms with Gasteiger partial charge in [0.05, 0.1) is 17.6 Å². The van der Waals surface area contributed by atoms with E-state index in [9.17, 15) is 14.9 Å². The highest BCUT2D eigenvalue weighted by molar-refractivity contribution is 5.70. The molecule has 0 aromatic heterocycles. The van der Waals surface area contributed by atoms with Crippen molar-refractivity contribution in [3.8, 4) is 5.75 Å². The van der Waals surface area contributed by atoms with Gasteiger partial charge in [-0.3, -0.25) is 15.0 Å². The van der Waals surface area contributed by atoms with E-state index in [0.29, 0.717) is 18.6 Å². The van der Waals surface area contributed by atoms with Crippen molar-refractivity contribution < 1.29 is 23.9 Å². The molecule has 2 aromatic carbocycles. The Kier molecular flexibility index (Phi) is 6.74. The van der Waals surface area contributed by atoms with E-state index in [0.717, 1.165) is 5.56 Å². The van der Waals surface area contributed by atoms with Crippen LogP contribution in [-0.2, 0) is 22.5 Å². The molecule has 0 N–H and O–H groups in total. The van der Waals surface area contributed by atoms with Gasteiger partial charge in [-0.15, -0.1) is 0 Å². The van der Waals surface area contributed by atoms with Crippen LogP contribution in [0.4, 0.5) is 10.5 Å². The minimum Gasteiger partial charge on any atom is -0.482 e. The van der Waals surface area contributed by atoms with Crippen molar-refractivity contribution in [1.82, 2.24) is 4.90 Å². The number of nitro groups is 1. The summed E-state index contributed by atoms with van der Waals surface area (Å²) < 4.78 is 17.1. The predicted molar refractivity (Wildman–Crippen MR) is 119 cm³/mol. The fourth-order valence-corrected chi connectivity index (χ4v) is 3.68. The summed E-state index contributed by atoms with van der Waals surface area (Å²) in [6.45, 7) is 9.58. The van der Waals surface area contributed by atoms with Crippen LogP contribution >= 0.6 is 0 Å². The van der Waals surface area contributed by atoms with Gasteiger partial charge in [-0.2, -0.15) is 0 Å². The molecule has 0 aliphatic carbocycles. The van der Waals surface area contributed by atoms with Gasteiger partial charge in [0.25, 0.3) is 0 Å². The molecule has 2 aromatic rings. The third-order valence-corrected chi connectivity index (χ3v) is 5.09. The summed E-state index contributed by atoms with van der Waals surface area (Å²) in [5.74, 6) is 0.203. The first kappa shape index (κ1) is 23.5. The zero-order valence-electron chi connectivity index (χ0n) is 19.2. The van der Waals surface area contributed by atoms with E-state index in [1.807, 2.05) is 30.3 Å². The van der Waals surface area contributed by atoms with E-state index >= 15 is 0 Å². The van der Waals surface area contributed by atoms with Gasteiger partial charge in [-0.25, -0.2) is 4.79 Å². The molecule has 1 atom stereocenters. The number of nitrogens with zero attached hydrogens (tertiary/aromatic N) is 2. The van der Waals surface area contributed by atoms with Gasteiger partial charge in [0.1, 0.15) is 17.9 Å². The van der Waals surface area contributed by atoms with Crippen molar-refractivity contribution in [3.05, 3.63) is 69.8 Å². The highest BCUT2D eigenvalue weighted by Crippen LogP contribution is 2.33. The van der Waals surface area contributed by atoms with Crippen molar-refractivity contribution in [2.75, 3.05) is 6.61 Å². The second kappa shape index (κ2) is 9.16. The largest absolute Gasteiger partial charge is 0.482 e. The van der Waals surface area contributed by atoms with E-state index in [2.05, 4.69) is 0 Å². The maximum absolute atomic E-state index is 12.8. The third kappa shape index (κ3) is 5.76. The first-order valence-electron chi connectivity index (χ1n) is 10.6. The van der Waals surface area contributed by atoms with Gasteiger partial charge in [0, 0.05) is 6.07 Å². The summed E-state index contributed by atoms with van der Waals surface area (Å²) in [6, 6.07) is 14.0. The van der Waals surface area contributed by atoms with E-state index in [4.69, 9.17) is 14.2 Å². The van der Waals surface area contributed by atoms with Crippen molar-refractivity contribution in [1.29, 1.82) is 0 Å². The highest BCUT2D eigenvalue weighted by Gasteiger charge is 2.45. The molecule has 1 saturated heterocycles. The smallest absolute Gasteiger partial charge is 0.412 e. The second-order valence-corrected chi connectivity index (χ2v) is 9.30. The molecule has 1 fully saturated rings. The van der Waals surface area contributed by atoms with Gasteiger partial charge in [-0.1, -0.05) is 36.4 Å². The number of carbonyl (C=O) groups excluding carboxylic acids is 1. The predicted octanol–water partition coefficient (Wildman–Crippen LogP) is 5.09. The SMILES string of the molecule is CC(C)(C)OC(=O)N1[C@@H](Cc2ccc(OCc3ccccc3)c([N+](=O)[O-])c2)COC1(C)C. The second-order valence-electron chi connectivity index (χ2n) is 9.30. The molecule has 172 valence electrons. The summed E-state index contributed by atoms with van der Waals surface area (Å²) in [5.41, 5.74) is 0.0439. The summed E-state index contributed by atoms with van der Waals surface area (Å²) in [6.07, 6.45) is -0.0787. The molecule has 8 heteroatoms. The molecule has 1 aliphatic rings. The van der Waals surface area contributed by atoms with Gasteiger partial charge >= 0.3 is 11.8 Å². The Hall–Kier alpha value is -3.13. The topological polar surface area (TPSA) is 91.1 Å². The zero-order chi connectivity index (χ0) is 23.5. The fraction of sp³-hybridized carbons (Fsp3) is 0.458. The minimum atomic E-state index is -0.836. The van der Waals surface area contributed by atoms with Crippen LogP contribution in [0.3, 0.4) is 0 Å². The minimum absolute atomic E-state index is 0.111. The molecule has 8 nitrogen and oxygen atoms in total. The van der Waals surface area contributed by atoms with Crippen LogP contribution in [0.5, 0.6) is 5.75 Å². The van der Waals surface area contributed by atoms with E-state index in [-0.39, 0.29) is 24.1 Å².